The highest BCUT2D eigenvalue weighted by Gasteiger charge is 2.20. The van der Waals surface area contributed by atoms with Gasteiger partial charge in [0.2, 0.25) is 0 Å². The Hall–Kier alpha value is -1.09. The fourth-order valence-electron chi connectivity index (χ4n) is 2.67. The lowest BCUT2D eigenvalue weighted by molar-refractivity contribution is 0.578. The zero-order valence-corrected chi connectivity index (χ0v) is 11.3. The van der Waals surface area contributed by atoms with Crippen molar-refractivity contribution < 1.29 is 4.39 Å². The third kappa shape index (κ3) is 2.83. The number of rotatable bonds is 2. The molecule has 0 aromatic heterocycles. The second-order valence-electron chi connectivity index (χ2n) is 5.39. The van der Waals surface area contributed by atoms with E-state index in [0.29, 0.717) is 6.04 Å². The van der Waals surface area contributed by atoms with E-state index in [1.165, 1.54) is 12.8 Å². The van der Waals surface area contributed by atoms with Gasteiger partial charge in [-0.25, -0.2) is 4.39 Å². The molecule has 1 unspecified atom stereocenters. The van der Waals surface area contributed by atoms with E-state index in [9.17, 15) is 4.39 Å². The van der Waals surface area contributed by atoms with Crippen molar-refractivity contribution in [2.24, 2.45) is 5.73 Å². The fraction of sp³-hybridized carbons (Fsp3) is 0.600. The number of hydrogen-bond donors (Lipinski definition) is 1. The highest BCUT2D eigenvalue weighted by molar-refractivity contribution is 5.50. The third-order valence-corrected chi connectivity index (χ3v) is 3.86. The minimum Gasteiger partial charge on any atom is -0.366 e. The van der Waals surface area contributed by atoms with E-state index in [1.54, 1.807) is 6.07 Å². The third-order valence-electron chi connectivity index (χ3n) is 3.86. The molecule has 0 aliphatic carbocycles. The second kappa shape index (κ2) is 5.70. The summed E-state index contributed by atoms with van der Waals surface area (Å²) in [4.78, 5) is 2.20. The van der Waals surface area contributed by atoms with Crippen LogP contribution in [0, 0.1) is 5.82 Å². The van der Waals surface area contributed by atoms with E-state index in [-0.39, 0.29) is 11.9 Å². The lowest BCUT2D eigenvalue weighted by Gasteiger charge is -2.30. The number of anilines is 1. The molecule has 2 atom stereocenters. The number of benzene rings is 1. The van der Waals surface area contributed by atoms with Gasteiger partial charge in [-0.3, -0.25) is 0 Å². The van der Waals surface area contributed by atoms with Gasteiger partial charge in [-0.05, 0) is 44.4 Å². The summed E-state index contributed by atoms with van der Waals surface area (Å²) in [6.07, 6.45) is 4.80. The topological polar surface area (TPSA) is 29.3 Å². The minimum absolute atomic E-state index is 0.116. The summed E-state index contributed by atoms with van der Waals surface area (Å²) in [6.45, 7) is 5.02. The van der Waals surface area contributed by atoms with Gasteiger partial charge in [0.1, 0.15) is 5.82 Å². The summed E-state index contributed by atoms with van der Waals surface area (Å²) < 4.78 is 14.2. The average Bonchev–Trinajstić information content (AvgIpc) is 2.54. The first-order valence-corrected chi connectivity index (χ1v) is 6.91. The zero-order chi connectivity index (χ0) is 13.1. The highest BCUT2D eigenvalue weighted by atomic mass is 19.1. The predicted octanol–water partition coefficient (Wildman–Crippen LogP) is 3.61. The lowest BCUT2D eigenvalue weighted by Crippen LogP contribution is -2.33. The Morgan fingerprint density at radius 2 is 2.11 bits per heavy atom. The van der Waals surface area contributed by atoms with E-state index in [2.05, 4.69) is 11.8 Å². The van der Waals surface area contributed by atoms with Crippen LogP contribution in [0.2, 0.25) is 0 Å². The van der Waals surface area contributed by atoms with Crippen LogP contribution >= 0.6 is 0 Å². The van der Waals surface area contributed by atoms with Crippen LogP contribution in [0.5, 0.6) is 0 Å². The average molecular weight is 250 g/mol. The Kier molecular flexibility index (Phi) is 4.23. The molecule has 1 saturated heterocycles. The van der Waals surface area contributed by atoms with E-state index >= 15 is 0 Å². The monoisotopic (exact) mass is 250 g/mol. The molecule has 0 spiro atoms. The first kappa shape index (κ1) is 13.3. The summed E-state index contributed by atoms with van der Waals surface area (Å²) in [5.74, 6) is -0.140. The molecule has 100 valence electrons. The second-order valence-corrected chi connectivity index (χ2v) is 5.39. The van der Waals surface area contributed by atoms with Gasteiger partial charge in [-0.15, -0.1) is 0 Å². The minimum atomic E-state index is -0.140. The van der Waals surface area contributed by atoms with Gasteiger partial charge in [0.25, 0.3) is 0 Å². The number of halogens is 1. The highest BCUT2D eigenvalue weighted by Crippen LogP contribution is 2.28. The quantitative estimate of drug-likeness (QED) is 0.868. The van der Waals surface area contributed by atoms with Crippen LogP contribution in [0.1, 0.15) is 51.1 Å². The van der Waals surface area contributed by atoms with Crippen LogP contribution in [0.25, 0.3) is 0 Å². The summed E-state index contributed by atoms with van der Waals surface area (Å²) >= 11 is 0. The fourth-order valence-corrected chi connectivity index (χ4v) is 2.67. The first-order chi connectivity index (χ1) is 8.59. The van der Waals surface area contributed by atoms with Gasteiger partial charge in [0.05, 0.1) is 5.69 Å². The molecule has 0 saturated carbocycles. The maximum absolute atomic E-state index is 14.2. The van der Waals surface area contributed by atoms with Gasteiger partial charge in [-0.2, -0.15) is 0 Å². The Bertz CT molecular complexity index is 403. The molecular weight excluding hydrogens is 227 g/mol. The molecule has 0 radical (unpaired) electrons. The normalized spacial score (nSPS) is 22.7. The lowest BCUT2D eigenvalue weighted by atomic mass is 10.1. The van der Waals surface area contributed by atoms with Crippen molar-refractivity contribution in [3.8, 4) is 0 Å². The van der Waals surface area contributed by atoms with Gasteiger partial charge < -0.3 is 10.6 Å². The van der Waals surface area contributed by atoms with Crippen molar-refractivity contribution >= 4 is 5.69 Å². The molecule has 2 rings (SSSR count). The molecule has 2 N–H and O–H groups in total. The molecule has 0 bridgehead atoms. The van der Waals surface area contributed by atoms with E-state index in [1.807, 2.05) is 19.1 Å². The van der Waals surface area contributed by atoms with Crippen LogP contribution in [0.4, 0.5) is 10.1 Å². The van der Waals surface area contributed by atoms with Crippen molar-refractivity contribution in [3.05, 3.63) is 29.6 Å². The van der Waals surface area contributed by atoms with Gasteiger partial charge in [0, 0.05) is 18.6 Å². The van der Waals surface area contributed by atoms with Crippen molar-refractivity contribution in [2.45, 2.75) is 51.6 Å². The number of nitrogens with two attached hydrogens (primary N) is 1. The smallest absolute Gasteiger partial charge is 0.146 e. The predicted molar refractivity (Wildman–Crippen MR) is 74.3 cm³/mol. The Labute approximate surface area is 109 Å². The van der Waals surface area contributed by atoms with E-state index < -0.39 is 0 Å². The SMILES string of the molecule is CC1CCCCCN1c1ccc([C@@H](C)N)cc1F. The molecule has 1 aliphatic rings. The van der Waals surface area contributed by atoms with Crippen LogP contribution in [0.15, 0.2) is 18.2 Å². The maximum Gasteiger partial charge on any atom is 0.146 e. The maximum atomic E-state index is 14.2. The van der Waals surface area contributed by atoms with E-state index in [4.69, 9.17) is 5.73 Å². The van der Waals surface area contributed by atoms with Gasteiger partial charge >= 0.3 is 0 Å². The van der Waals surface area contributed by atoms with Crippen molar-refractivity contribution in [1.29, 1.82) is 0 Å². The molecule has 1 aliphatic heterocycles. The van der Waals surface area contributed by atoms with Crippen molar-refractivity contribution in [1.82, 2.24) is 0 Å². The summed E-state index contributed by atoms with van der Waals surface area (Å²) in [5, 5.41) is 0. The molecule has 1 fully saturated rings. The largest absolute Gasteiger partial charge is 0.366 e. The zero-order valence-electron chi connectivity index (χ0n) is 11.3. The summed E-state index contributed by atoms with van der Waals surface area (Å²) in [6, 6.07) is 5.71. The molecule has 3 heteroatoms. The molecular formula is C15H23FN2. The molecule has 0 amide bonds. The molecule has 1 aromatic rings. The van der Waals surface area contributed by atoms with E-state index in [0.717, 1.165) is 30.6 Å². The van der Waals surface area contributed by atoms with Gasteiger partial charge in [-0.1, -0.05) is 18.9 Å². The Morgan fingerprint density at radius 1 is 1.33 bits per heavy atom. The standard InChI is InChI=1S/C15H23FN2/c1-11-6-4-3-5-9-18(11)15-8-7-13(12(2)17)10-14(15)16/h7-8,10-12H,3-6,9,17H2,1-2H3/t11?,12-/m1/s1. The van der Waals surface area contributed by atoms with Crippen molar-refractivity contribution in [3.63, 3.8) is 0 Å². The van der Waals surface area contributed by atoms with Crippen molar-refractivity contribution in [2.75, 3.05) is 11.4 Å². The van der Waals surface area contributed by atoms with Crippen LogP contribution < -0.4 is 10.6 Å². The number of nitrogens with zero attached hydrogens (tertiary/aromatic N) is 1. The molecule has 18 heavy (non-hydrogen) atoms. The van der Waals surface area contributed by atoms with Crippen LogP contribution in [-0.4, -0.2) is 12.6 Å². The molecule has 1 heterocycles. The molecule has 1 aromatic carbocycles. The summed E-state index contributed by atoms with van der Waals surface area (Å²) in [5.41, 5.74) is 7.37. The first-order valence-electron chi connectivity index (χ1n) is 6.91. The Morgan fingerprint density at radius 3 is 2.78 bits per heavy atom. The van der Waals surface area contributed by atoms with Crippen LogP contribution in [0.3, 0.4) is 0 Å². The molecule has 2 nitrogen and oxygen atoms in total. The Balaban J connectivity index is 2.26. The van der Waals surface area contributed by atoms with Crippen LogP contribution in [-0.2, 0) is 0 Å². The van der Waals surface area contributed by atoms with Gasteiger partial charge in [0.15, 0.2) is 0 Å². The number of hydrogen-bond acceptors (Lipinski definition) is 2. The summed E-state index contributed by atoms with van der Waals surface area (Å²) in [7, 11) is 0.